The van der Waals surface area contributed by atoms with Crippen molar-refractivity contribution in [2.45, 2.75) is 23.7 Å². The third-order valence-corrected chi connectivity index (χ3v) is 7.29. The van der Waals surface area contributed by atoms with E-state index in [1.165, 1.54) is 25.6 Å². The second-order valence-corrected chi connectivity index (χ2v) is 8.70. The summed E-state index contributed by atoms with van der Waals surface area (Å²) < 4.78 is 26.8. The molecule has 10 heteroatoms. The maximum atomic E-state index is 12.9. The molecule has 24 heavy (non-hydrogen) atoms. The van der Waals surface area contributed by atoms with Crippen LogP contribution < -0.4 is 5.32 Å². The molecule has 0 aliphatic carbocycles. The lowest BCUT2D eigenvalue weighted by atomic mass is 10.1. The maximum absolute atomic E-state index is 12.9. The van der Waals surface area contributed by atoms with Crippen molar-refractivity contribution < 1.29 is 18.3 Å². The summed E-state index contributed by atoms with van der Waals surface area (Å²) in [5, 5.41) is 12.7. The number of aromatic carboxylic acids is 1. The van der Waals surface area contributed by atoms with Crippen molar-refractivity contribution in [2.24, 2.45) is 0 Å². The zero-order valence-electron chi connectivity index (χ0n) is 12.9. The molecule has 0 radical (unpaired) electrons. The lowest BCUT2D eigenvalue weighted by molar-refractivity contribution is 0.0692. The van der Waals surface area contributed by atoms with Crippen LogP contribution in [-0.2, 0) is 29.5 Å². The van der Waals surface area contributed by atoms with Gasteiger partial charge in [0.05, 0.1) is 17.8 Å². The van der Waals surface area contributed by atoms with Gasteiger partial charge in [-0.1, -0.05) is 0 Å². The molecule has 2 N–H and O–H groups in total. The van der Waals surface area contributed by atoms with Crippen LogP contribution in [0.15, 0.2) is 22.8 Å². The first-order valence-electron chi connectivity index (χ1n) is 7.21. The van der Waals surface area contributed by atoms with Gasteiger partial charge in [0.2, 0.25) is 0 Å². The Morgan fingerprint density at radius 3 is 2.92 bits per heavy atom. The number of thiophene rings is 1. The van der Waals surface area contributed by atoms with Crippen LogP contribution >= 0.6 is 11.3 Å². The van der Waals surface area contributed by atoms with Crippen molar-refractivity contribution in [3.05, 3.63) is 40.3 Å². The summed E-state index contributed by atoms with van der Waals surface area (Å²) in [4.78, 5) is 20.4. The highest BCUT2D eigenvalue weighted by Crippen LogP contribution is 2.36. The Hall–Kier alpha value is -1.88. The van der Waals surface area contributed by atoms with Crippen LogP contribution in [0, 0.1) is 0 Å². The average molecular weight is 368 g/mol. The third kappa shape index (κ3) is 3.05. The first-order valence-corrected chi connectivity index (χ1v) is 9.46. The van der Waals surface area contributed by atoms with Crippen molar-refractivity contribution in [3.63, 3.8) is 0 Å². The molecule has 3 rings (SSSR count). The Bertz CT molecular complexity index is 864. The summed E-state index contributed by atoms with van der Waals surface area (Å²) in [5.41, 5.74) is 1.02. The zero-order valence-corrected chi connectivity index (χ0v) is 14.5. The Morgan fingerprint density at radius 2 is 2.25 bits per heavy atom. The van der Waals surface area contributed by atoms with Crippen LogP contribution in [0.1, 0.15) is 26.5 Å². The van der Waals surface area contributed by atoms with Gasteiger partial charge in [-0.15, -0.1) is 11.3 Å². The molecule has 0 amide bonds. The Morgan fingerprint density at radius 1 is 1.46 bits per heavy atom. The standard InChI is InChI=1S/C14H16N4O4S2/c1-18(8-9-6-16-4-5-17-9)24(21,22)14-12(13(19)20)10-2-3-15-7-11(10)23-14/h4-6,15H,2-3,7-8H2,1H3,(H,19,20). The molecular weight excluding hydrogens is 352 g/mol. The monoisotopic (exact) mass is 368 g/mol. The van der Waals surface area contributed by atoms with Crippen LogP contribution in [0.25, 0.3) is 0 Å². The smallest absolute Gasteiger partial charge is 0.338 e. The number of nitrogens with zero attached hydrogens (tertiary/aromatic N) is 3. The molecule has 0 atom stereocenters. The van der Waals surface area contributed by atoms with Crippen molar-refractivity contribution in [2.75, 3.05) is 13.6 Å². The first-order chi connectivity index (χ1) is 11.4. The summed E-state index contributed by atoms with van der Waals surface area (Å²) in [6.45, 7) is 1.15. The molecule has 128 valence electrons. The largest absolute Gasteiger partial charge is 0.478 e. The second-order valence-electron chi connectivity index (χ2n) is 5.36. The van der Waals surface area contributed by atoms with Crippen molar-refractivity contribution >= 4 is 27.3 Å². The molecule has 2 aromatic heterocycles. The van der Waals surface area contributed by atoms with E-state index in [2.05, 4.69) is 15.3 Å². The second kappa shape index (κ2) is 6.55. The van der Waals surface area contributed by atoms with Crippen LogP contribution in [0.4, 0.5) is 0 Å². The molecule has 0 spiro atoms. The minimum Gasteiger partial charge on any atom is -0.478 e. The van der Waals surface area contributed by atoms with E-state index in [-0.39, 0.29) is 16.3 Å². The summed E-state index contributed by atoms with van der Waals surface area (Å²) in [7, 11) is -2.52. The third-order valence-electron chi connectivity index (χ3n) is 3.76. The summed E-state index contributed by atoms with van der Waals surface area (Å²) >= 11 is 1.03. The molecule has 3 heterocycles. The number of rotatable bonds is 5. The van der Waals surface area contributed by atoms with Crippen molar-refractivity contribution in [1.82, 2.24) is 19.6 Å². The van der Waals surface area contributed by atoms with Crippen LogP contribution in [0.2, 0.25) is 0 Å². The van der Waals surface area contributed by atoms with Gasteiger partial charge in [-0.3, -0.25) is 9.97 Å². The number of sulfonamides is 1. The molecule has 0 bridgehead atoms. The van der Waals surface area contributed by atoms with Gasteiger partial charge in [-0.25, -0.2) is 13.2 Å². The lowest BCUT2D eigenvalue weighted by Crippen LogP contribution is -2.28. The molecule has 0 unspecified atom stereocenters. The van der Waals surface area contributed by atoms with E-state index in [1.807, 2.05) is 0 Å². The van der Waals surface area contributed by atoms with Gasteiger partial charge in [0.1, 0.15) is 4.21 Å². The number of aromatic nitrogens is 2. The van der Waals surface area contributed by atoms with Gasteiger partial charge in [-0.05, 0) is 18.5 Å². The van der Waals surface area contributed by atoms with E-state index in [1.54, 1.807) is 0 Å². The molecule has 8 nitrogen and oxygen atoms in total. The molecule has 2 aromatic rings. The van der Waals surface area contributed by atoms with Gasteiger partial charge < -0.3 is 10.4 Å². The molecule has 0 saturated heterocycles. The summed E-state index contributed by atoms with van der Waals surface area (Å²) in [5.74, 6) is -1.21. The molecule has 1 aliphatic rings. The lowest BCUT2D eigenvalue weighted by Gasteiger charge is -2.16. The van der Waals surface area contributed by atoms with Crippen LogP contribution in [0.3, 0.4) is 0 Å². The van der Waals surface area contributed by atoms with E-state index in [0.717, 1.165) is 20.5 Å². The Kier molecular flexibility index (Phi) is 4.63. The van der Waals surface area contributed by atoms with Gasteiger partial charge in [-0.2, -0.15) is 4.31 Å². The zero-order chi connectivity index (χ0) is 17.3. The quantitative estimate of drug-likeness (QED) is 0.799. The highest BCUT2D eigenvalue weighted by atomic mass is 32.2. The Balaban J connectivity index is 2.00. The normalized spacial score (nSPS) is 14.6. The molecule has 0 fully saturated rings. The van der Waals surface area contributed by atoms with E-state index in [0.29, 0.717) is 30.8 Å². The van der Waals surface area contributed by atoms with E-state index in [9.17, 15) is 18.3 Å². The molecule has 0 aromatic carbocycles. The maximum Gasteiger partial charge on any atom is 0.338 e. The number of fused-ring (bicyclic) bond motifs is 1. The first kappa shape index (κ1) is 17.0. The van der Waals surface area contributed by atoms with Gasteiger partial charge >= 0.3 is 5.97 Å². The fraction of sp³-hybridized carbons (Fsp3) is 0.357. The van der Waals surface area contributed by atoms with E-state index in [4.69, 9.17) is 0 Å². The summed E-state index contributed by atoms with van der Waals surface area (Å²) in [6.07, 6.45) is 4.97. The van der Waals surface area contributed by atoms with Gasteiger partial charge in [0.15, 0.2) is 0 Å². The highest BCUT2D eigenvalue weighted by molar-refractivity contribution is 7.91. The number of carboxylic acid groups (broad SMARTS) is 1. The number of carbonyl (C=O) groups is 1. The number of hydrogen-bond acceptors (Lipinski definition) is 7. The topological polar surface area (TPSA) is 112 Å². The SMILES string of the molecule is CN(Cc1cnccn1)S(=O)(=O)c1sc2c(c1C(=O)O)CCNC2. The Labute approximate surface area is 143 Å². The molecule has 1 aliphatic heterocycles. The van der Waals surface area contributed by atoms with E-state index >= 15 is 0 Å². The molecule has 0 saturated carbocycles. The van der Waals surface area contributed by atoms with Crippen LogP contribution in [-0.4, -0.2) is 47.4 Å². The number of carboxylic acids is 1. The minimum absolute atomic E-state index is 0.0239. The van der Waals surface area contributed by atoms with Gasteiger partial charge in [0, 0.05) is 37.1 Å². The minimum atomic E-state index is -3.93. The predicted octanol–water partition coefficient (Wildman–Crippen LogP) is 0.703. The van der Waals surface area contributed by atoms with Gasteiger partial charge in [0.25, 0.3) is 10.0 Å². The average Bonchev–Trinajstić information content (AvgIpc) is 2.96. The number of hydrogen-bond donors (Lipinski definition) is 2. The van der Waals surface area contributed by atoms with Crippen molar-refractivity contribution in [1.29, 1.82) is 0 Å². The van der Waals surface area contributed by atoms with Crippen molar-refractivity contribution in [3.8, 4) is 0 Å². The van der Waals surface area contributed by atoms with Crippen LogP contribution in [0.5, 0.6) is 0 Å². The molecular formula is C14H16N4O4S2. The summed E-state index contributed by atoms with van der Waals surface area (Å²) in [6, 6.07) is 0. The fourth-order valence-electron chi connectivity index (χ4n) is 2.57. The van der Waals surface area contributed by atoms with E-state index < -0.39 is 16.0 Å². The highest BCUT2D eigenvalue weighted by Gasteiger charge is 2.34. The fourth-order valence-corrected chi connectivity index (χ4v) is 5.77. The number of nitrogens with one attached hydrogen (secondary N) is 1. The predicted molar refractivity (Wildman–Crippen MR) is 87.4 cm³/mol.